The lowest BCUT2D eigenvalue weighted by molar-refractivity contribution is -0.127. The van der Waals surface area contributed by atoms with E-state index < -0.39 is 16.1 Å². The second kappa shape index (κ2) is 10.3. The Balaban J connectivity index is 1.81. The van der Waals surface area contributed by atoms with Gasteiger partial charge in [-0.1, -0.05) is 32.0 Å². The highest BCUT2D eigenvalue weighted by atomic mass is 32.2. The van der Waals surface area contributed by atoms with E-state index in [1.165, 1.54) is 11.4 Å². The molecule has 1 amide bonds. The third-order valence-electron chi connectivity index (χ3n) is 4.58. The highest BCUT2D eigenvalue weighted by molar-refractivity contribution is 7.92. The number of hydrogen-bond acceptors (Lipinski definition) is 5. The van der Waals surface area contributed by atoms with Gasteiger partial charge in [0.2, 0.25) is 10.0 Å². The van der Waals surface area contributed by atoms with Crippen LogP contribution in [0.2, 0.25) is 0 Å². The third-order valence-corrected chi connectivity index (χ3v) is 5.79. The Labute approximate surface area is 179 Å². The lowest BCUT2D eigenvalue weighted by Gasteiger charge is -2.18. The predicted octanol–water partition coefficient (Wildman–Crippen LogP) is 3.17. The molecule has 0 fully saturated rings. The van der Waals surface area contributed by atoms with Crippen LogP contribution in [-0.2, 0) is 14.8 Å². The van der Waals surface area contributed by atoms with Crippen molar-refractivity contribution in [3.63, 3.8) is 0 Å². The molecule has 0 aliphatic carbocycles. The van der Waals surface area contributed by atoms with Gasteiger partial charge in [0.25, 0.3) is 5.91 Å². The van der Waals surface area contributed by atoms with Crippen LogP contribution in [0, 0.1) is 0 Å². The van der Waals surface area contributed by atoms with Crippen LogP contribution < -0.4 is 19.1 Å². The number of rotatable bonds is 10. The summed E-state index contributed by atoms with van der Waals surface area (Å²) in [6, 6.07) is 14.4. The fourth-order valence-electron chi connectivity index (χ4n) is 2.75. The van der Waals surface area contributed by atoms with E-state index in [1.54, 1.807) is 31.2 Å². The number of anilines is 1. The van der Waals surface area contributed by atoms with Crippen molar-refractivity contribution in [2.75, 3.05) is 30.8 Å². The normalized spacial score (nSPS) is 12.3. The number of ether oxygens (including phenoxy) is 2. The first-order valence-electron chi connectivity index (χ1n) is 9.79. The average molecular weight is 435 g/mol. The Bertz CT molecular complexity index is 942. The fourth-order valence-corrected chi connectivity index (χ4v) is 3.26. The van der Waals surface area contributed by atoms with Crippen molar-refractivity contribution in [1.82, 2.24) is 5.32 Å². The highest BCUT2D eigenvalue weighted by Crippen LogP contribution is 2.25. The van der Waals surface area contributed by atoms with Crippen molar-refractivity contribution in [1.29, 1.82) is 0 Å². The third kappa shape index (κ3) is 6.66. The van der Waals surface area contributed by atoms with Crippen LogP contribution in [0.3, 0.4) is 0 Å². The Morgan fingerprint density at radius 3 is 2.30 bits per heavy atom. The summed E-state index contributed by atoms with van der Waals surface area (Å²) in [5, 5.41) is 2.79. The molecule has 0 aliphatic heterocycles. The molecule has 0 heterocycles. The molecule has 1 atom stereocenters. The SMILES string of the molecule is CC(C)c1ccccc1OCCNC(=O)[C@H](C)Oc1ccc(N(C)S(C)(=O)=O)cc1. The molecule has 0 saturated carbocycles. The first-order chi connectivity index (χ1) is 14.1. The molecule has 1 N–H and O–H groups in total. The van der Waals surface area contributed by atoms with Crippen molar-refractivity contribution >= 4 is 21.6 Å². The molecule has 0 radical (unpaired) electrons. The number of amides is 1. The number of hydrogen-bond donors (Lipinski definition) is 1. The van der Waals surface area contributed by atoms with Crippen LogP contribution in [-0.4, -0.2) is 46.9 Å². The molecule has 0 spiro atoms. The van der Waals surface area contributed by atoms with Gasteiger partial charge in [0.1, 0.15) is 18.1 Å². The lowest BCUT2D eigenvalue weighted by atomic mass is 10.0. The first kappa shape index (κ1) is 23.5. The predicted molar refractivity (Wildman–Crippen MR) is 119 cm³/mol. The molecule has 0 unspecified atom stereocenters. The Hall–Kier alpha value is -2.74. The van der Waals surface area contributed by atoms with E-state index in [-0.39, 0.29) is 5.91 Å². The molecule has 2 aromatic rings. The Morgan fingerprint density at radius 1 is 1.07 bits per heavy atom. The minimum absolute atomic E-state index is 0.256. The summed E-state index contributed by atoms with van der Waals surface area (Å²) < 4.78 is 35.8. The number of carbonyl (C=O) groups is 1. The molecule has 164 valence electrons. The van der Waals surface area contributed by atoms with Gasteiger partial charge in [0, 0.05) is 7.05 Å². The van der Waals surface area contributed by atoms with E-state index in [0.29, 0.717) is 30.5 Å². The number of nitrogens with one attached hydrogen (secondary N) is 1. The first-order valence-corrected chi connectivity index (χ1v) is 11.6. The van der Waals surface area contributed by atoms with Gasteiger partial charge in [-0.25, -0.2) is 8.42 Å². The summed E-state index contributed by atoms with van der Waals surface area (Å²) in [6.45, 7) is 6.58. The Kier molecular flexibility index (Phi) is 8.11. The summed E-state index contributed by atoms with van der Waals surface area (Å²) in [7, 11) is -1.85. The summed E-state index contributed by atoms with van der Waals surface area (Å²) in [6.07, 6.45) is 0.432. The van der Waals surface area contributed by atoms with Crippen molar-refractivity contribution in [2.45, 2.75) is 32.8 Å². The van der Waals surface area contributed by atoms with Gasteiger partial charge < -0.3 is 14.8 Å². The van der Waals surface area contributed by atoms with Crippen LogP contribution in [0.25, 0.3) is 0 Å². The van der Waals surface area contributed by atoms with Gasteiger partial charge in [-0.3, -0.25) is 9.10 Å². The zero-order valence-corrected chi connectivity index (χ0v) is 18.9. The number of carbonyl (C=O) groups excluding carboxylic acids is 1. The number of nitrogens with zero attached hydrogens (tertiary/aromatic N) is 1. The van der Waals surface area contributed by atoms with E-state index in [9.17, 15) is 13.2 Å². The number of benzene rings is 2. The molecule has 8 heteroatoms. The van der Waals surface area contributed by atoms with E-state index in [1.807, 2.05) is 24.3 Å². The van der Waals surface area contributed by atoms with Crippen LogP contribution >= 0.6 is 0 Å². The maximum atomic E-state index is 12.3. The zero-order chi connectivity index (χ0) is 22.3. The van der Waals surface area contributed by atoms with Gasteiger partial charge in [0.15, 0.2) is 6.10 Å². The summed E-state index contributed by atoms with van der Waals surface area (Å²) in [5.41, 5.74) is 1.64. The van der Waals surface area contributed by atoms with Crippen LogP contribution in [0.15, 0.2) is 48.5 Å². The van der Waals surface area contributed by atoms with Gasteiger partial charge in [-0.2, -0.15) is 0 Å². The molecule has 0 saturated heterocycles. The van der Waals surface area contributed by atoms with Crippen LogP contribution in [0.5, 0.6) is 11.5 Å². The Morgan fingerprint density at radius 2 is 1.70 bits per heavy atom. The number of sulfonamides is 1. The maximum Gasteiger partial charge on any atom is 0.260 e. The average Bonchev–Trinajstić information content (AvgIpc) is 2.70. The summed E-state index contributed by atoms with van der Waals surface area (Å²) in [5.74, 6) is 1.40. The van der Waals surface area contributed by atoms with Crippen molar-refractivity contribution in [3.8, 4) is 11.5 Å². The molecule has 2 aromatic carbocycles. The van der Waals surface area contributed by atoms with Crippen LogP contribution in [0.4, 0.5) is 5.69 Å². The van der Waals surface area contributed by atoms with Gasteiger partial charge >= 0.3 is 0 Å². The van der Waals surface area contributed by atoms with Gasteiger partial charge in [-0.05, 0) is 48.7 Å². The second-order valence-electron chi connectivity index (χ2n) is 7.32. The van der Waals surface area contributed by atoms with Gasteiger partial charge in [0.05, 0.1) is 18.5 Å². The molecule has 7 nitrogen and oxygen atoms in total. The molecule has 0 aromatic heterocycles. The van der Waals surface area contributed by atoms with Crippen molar-refractivity contribution in [3.05, 3.63) is 54.1 Å². The fraction of sp³-hybridized carbons (Fsp3) is 0.409. The smallest absolute Gasteiger partial charge is 0.260 e. The molecular formula is C22H30N2O5S. The molecule has 0 aliphatic rings. The minimum Gasteiger partial charge on any atom is -0.491 e. The maximum absolute atomic E-state index is 12.3. The second-order valence-corrected chi connectivity index (χ2v) is 9.33. The molecule has 30 heavy (non-hydrogen) atoms. The monoisotopic (exact) mass is 434 g/mol. The topological polar surface area (TPSA) is 84.9 Å². The quantitative estimate of drug-likeness (QED) is 0.581. The zero-order valence-electron chi connectivity index (χ0n) is 18.1. The van der Waals surface area contributed by atoms with E-state index in [4.69, 9.17) is 9.47 Å². The number of para-hydroxylation sites is 1. The van der Waals surface area contributed by atoms with Crippen LogP contribution in [0.1, 0.15) is 32.3 Å². The van der Waals surface area contributed by atoms with E-state index in [2.05, 4.69) is 19.2 Å². The lowest BCUT2D eigenvalue weighted by Crippen LogP contribution is -2.38. The van der Waals surface area contributed by atoms with E-state index >= 15 is 0 Å². The largest absolute Gasteiger partial charge is 0.491 e. The van der Waals surface area contributed by atoms with Crippen molar-refractivity contribution in [2.24, 2.45) is 0 Å². The summed E-state index contributed by atoms with van der Waals surface area (Å²) >= 11 is 0. The van der Waals surface area contributed by atoms with E-state index in [0.717, 1.165) is 17.6 Å². The molecular weight excluding hydrogens is 404 g/mol. The molecule has 0 bridgehead atoms. The summed E-state index contributed by atoms with van der Waals surface area (Å²) in [4.78, 5) is 12.3. The highest BCUT2D eigenvalue weighted by Gasteiger charge is 2.16. The minimum atomic E-state index is -3.33. The molecule has 2 rings (SSSR count). The standard InChI is InChI=1S/C22H30N2O5S/c1-16(2)20-8-6-7-9-21(20)28-15-14-23-22(25)17(3)29-19-12-10-18(11-13-19)24(4)30(5,26)27/h6-13,16-17H,14-15H2,1-5H3,(H,23,25)/t17-/m0/s1. The van der Waals surface area contributed by atoms with Crippen molar-refractivity contribution < 1.29 is 22.7 Å². The van der Waals surface area contributed by atoms with Gasteiger partial charge in [-0.15, -0.1) is 0 Å².